The third-order valence-corrected chi connectivity index (χ3v) is 3.35. The lowest BCUT2D eigenvalue weighted by Gasteiger charge is -2.23. The molecule has 3 amide bonds. The molecule has 0 bridgehead atoms. The zero-order valence-corrected chi connectivity index (χ0v) is 10.7. The van der Waals surface area contributed by atoms with E-state index in [1.165, 1.54) is 0 Å². The van der Waals surface area contributed by atoms with E-state index >= 15 is 0 Å². The van der Waals surface area contributed by atoms with Crippen LogP contribution in [-0.2, 0) is 16.5 Å². The lowest BCUT2D eigenvalue weighted by molar-refractivity contribution is -0.136. The maximum Gasteiger partial charge on any atom is 0.427 e. The Balaban J connectivity index is 0.00000180. The van der Waals surface area contributed by atoms with E-state index in [0.717, 1.165) is 5.51 Å². The van der Waals surface area contributed by atoms with Crippen LogP contribution in [0.5, 0.6) is 0 Å². The number of imide groups is 1. The molecule has 2 rings (SSSR count). The van der Waals surface area contributed by atoms with Crippen molar-refractivity contribution in [3.8, 4) is 0 Å². The fraction of sp³-hybridized carbons (Fsp3) is 0.375. The first kappa shape index (κ1) is 15.7. The summed E-state index contributed by atoms with van der Waals surface area (Å²) in [5.74, 6) is -0.939. The molecule has 1 aromatic rings. The van der Waals surface area contributed by atoms with Crippen molar-refractivity contribution in [1.29, 1.82) is 0 Å². The van der Waals surface area contributed by atoms with Crippen LogP contribution >= 0.6 is 23.7 Å². The molecule has 1 fully saturated rings. The summed E-state index contributed by atoms with van der Waals surface area (Å²) in [6.45, 7) is -0.516. The quantitative estimate of drug-likeness (QED) is 0.695. The first-order chi connectivity index (χ1) is 8.31. The molecule has 1 aliphatic heterocycles. The number of halogens is 4. The Labute approximate surface area is 115 Å². The largest absolute Gasteiger partial charge is 0.427 e. The third kappa shape index (κ3) is 2.38. The van der Waals surface area contributed by atoms with Crippen LogP contribution < -0.4 is 16.4 Å². The molecular weight excluding hydrogens is 309 g/mol. The lowest BCUT2D eigenvalue weighted by Crippen LogP contribution is -2.51. The fourth-order valence-corrected chi connectivity index (χ4v) is 2.39. The average Bonchev–Trinajstić information content (AvgIpc) is 2.82. The number of thiazole rings is 1. The number of rotatable bonds is 2. The number of hydrogen-bond acceptors (Lipinski definition) is 5. The molecule has 1 saturated heterocycles. The van der Waals surface area contributed by atoms with Gasteiger partial charge in [0, 0.05) is 6.54 Å². The molecule has 19 heavy (non-hydrogen) atoms. The van der Waals surface area contributed by atoms with Gasteiger partial charge in [0.25, 0.3) is 5.91 Å². The highest BCUT2D eigenvalue weighted by Crippen LogP contribution is 2.39. The summed E-state index contributed by atoms with van der Waals surface area (Å²) in [4.78, 5) is 25.2. The number of urea groups is 1. The van der Waals surface area contributed by atoms with E-state index in [2.05, 4.69) is 10.3 Å². The molecule has 1 aliphatic rings. The predicted molar refractivity (Wildman–Crippen MR) is 61.8 cm³/mol. The van der Waals surface area contributed by atoms with E-state index in [1.54, 1.807) is 0 Å². The maximum atomic E-state index is 12.8. The van der Waals surface area contributed by atoms with Crippen molar-refractivity contribution >= 4 is 35.7 Å². The van der Waals surface area contributed by atoms with Crippen molar-refractivity contribution in [2.75, 3.05) is 6.54 Å². The Morgan fingerprint density at radius 1 is 1.42 bits per heavy atom. The van der Waals surface area contributed by atoms with Gasteiger partial charge in [-0.3, -0.25) is 10.1 Å². The number of aromatic nitrogens is 1. The molecule has 1 atom stereocenters. The van der Waals surface area contributed by atoms with Gasteiger partial charge in [-0.1, -0.05) is 0 Å². The van der Waals surface area contributed by atoms with Crippen molar-refractivity contribution in [2.45, 2.75) is 11.7 Å². The summed E-state index contributed by atoms with van der Waals surface area (Å²) in [6.07, 6.45) is -4.66. The molecule has 2 heterocycles. The Morgan fingerprint density at radius 2 is 2.05 bits per heavy atom. The molecule has 0 aliphatic carbocycles. The van der Waals surface area contributed by atoms with Crippen LogP contribution in [0.25, 0.3) is 0 Å². The van der Waals surface area contributed by atoms with E-state index in [4.69, 9.17) is 5.73 Å². The minimum Gasteiger partial charge on any atom is -0.327 e. The van der Waals surface area contributed by atoms with E-state index in [0.29, 0.717) is 11.3 Å². The molecule has 1 aromatic heterocycles. The summed E-state index contributed by atoms with van der Waals surface area (Å²) in [6, 6.07) is -0.897. The van der Waals surface area contributed by atoms with Gasteiger partial charge >= 0.3 is 12.2 Å². The molecule has 0 spiro atoms. The highest BCUT2D eigenvalue weighted by molar-refractivity contribution is 7.09. The summed E-state index contributed by atoms with van der Waals surface area (Å²) in [7, 11) is 0. The molecule has 0 aromatic carbocycles. The van der Waals surface area contributed by atoms with Crippen LogP contribution in [0.15, 0.2) is 5.51 Å². The molecule has 1 unspecified atom stereocenters. The first-order valence-corrected chi connectivity index (χ1v) is 5.54. The topological polar surface area (TPSA) is 97.1 Å². The van der Waals surface area contributed by atoms with Crippen molar-refractivity contribution in [3.05, 3.63) is 16.1 Å². The number of nitrogens with two attached hydrogens (primary N) is 1. The number of nitrogens with one attached hydrogen (secondary N) is 2. The maximum absolute atomic E-state index is 12.8. The highest BCUT2D eigenvalue weighted by Gasteiger charge is 2.53. The van der Waals surface area contributed by atoms with Gasteiger partial charge in [0.1, 0.15) is 10.6 Å². The third-order valence-electron chi connectivity index (χ3n) is 2.48. The first-order valence-electron chi connectivity index (χ1n) is 4.66. The van der Waals surface area contributed by atoms with E-state index in [9.17, 15) is 22.8 Å². The van der Waals surface area contributed by atoms with Crippen LogP contribution in [-0.4, -0.2) is 23.5 Å². The van der Waals surface area contributed by atoms with Crippen LogP contribution in [0.1, 0.15) is 10.6 Å². The van der Waals surface area contributed by atoms with Gasteiger partial charge in [0.15, 0.2) is 5.54 Å². The standard InChI is InChI=1S/C8H7F3N4O2S.ClH/c9-8(10,11)4-3(13-2-18-4)7(1-12)5(16)14-6(17)15-7;/h2H,1,12H2,(H2,14,15,16,17);1H. The minimum absolute atomic E-state index is 0. The van der Waals surface area contributed by atoms with Gasteiger partial charge in [-0.15, -0.1) is 23.7 Å². The molecule has 11 heteroatoms. The molecule has 0 saturated carbocycles. The Kier molecular flexibility index (Phi) is 4.08. The predicted octanol–water partition coefficient (Wildman–Crippen LogP) is 0.577. The fourth-order valence-electron chi connectivity index (χ4n) is 1.65. The van der Waals surface area contributed by atoms with Gasteiger partial charge in [0.05, 0.1) is 5.51 Å². The number of carbonyl (C=O) groups excluding carboxylic acids is 2. The van der Waals surface area contributed by atoms with Gasteiger partial charge in [-0.25, -0.2) is 9.78 Å². The number of alkyl halides is 3. The molecule has 4 N–H and O–H groups in total. The van der Waals surface area contributed by atoms with Crippen LogP contribution in [0.4, 0.5) is 18.0 Å². The molecule has 6 nitrogen and oxygen atoms in total. The summed E-state index contributed by atoms with van der Waals surface area (Å²) in [5, 5.41) is 3.96. The second-order valence-corrected chi connectivity index (χ2v) is 4.40. The normalized spacial score (nSPS) is 22.7. The molecular formula is C8H8ClF3N4O2S. The second-order valence-electron chi connectivity index (χ2n) is 3.55. The number of hydrogen-bond donors (Lipinski definition) is 3. The van der Waals surface area contributed by atoms with Crippen LogP contribution in [0.3, 0.4) is 0 Å². The van der Waals surface area contributed by atoms with E-state index in [-0.39, 0.29) is 12.4 Å². The Bertz CT molecular complexity index is 520. The van der Waals surface area contributed by atoms with E-state index < -0.39 is 40.8 Å². The monoisotopic (exact) mass is 316 g/mol. The summed E-state index contributed by atoms with van der Waals surface area (Å²) in [5.41, 5.74) is 3.76. The molecule has 106 valence electrons. The lowest BCUT2D eigenvalue weighted by atomic mass is 9.94. The Hall–Kier alpha value is -1.39. The minimum atomic E-state index is -4.66. The number of nitrogens with zero attached hydrogens (tertiary/aromatic N) is 1. The van der Waals surface area contributed by atoms with Gasteiger partial charge in [-0.2, -0.15) is 13.2 Å². The van der Waals surface area contributed by atoms with Gasteiger partial charge in [-0.05, 0) is 0 Å². The van der Waals surface area contributed by atoms with Gasteiger partial charge in [0.2, 0.25) is 0 Å². The summed E-state index contributed by atoms with van der Waals surface area (Å²) >= 11 is 0.338. The average molecular weight is 317 g/mol. The van der Waals surface area contributed by atoms with Crippen molar-refractivity contribution < 1.29 is 22.8 Å². The van der Waals surface area contributed by atoms with Crippen LogP contribution in [0, 0.1) is 0 Å². The second kappa shape index (κ2) is 4.94. The number of amides is 3. The van der Waals surface area contributed by atoms with Crippen molar-refractivity contribution in [1.82, 2.24) is 15.6 Å². The van der Waals surface area contributed by atoms with Crippen molar-refractivity contribution in [3.63, 3.8) is 0 Å². The van der Waals surface area contributed by atoms with Crippen LogP contribution in [0.2, 0.25) is 0 Å². The number of carbonyl (C=O) groups is 2. The highest BCUT2D eigenvalue weighted by atomic mass is 35.5. The van der Waals surface area contributed by atoms with E-state index in [1.807, 2.05) is 5.32 Å². The Morgan fingerprint density at radius 3 is 2.47 bits per heavy atom. The SMILES string of the molecule is Cl.NCC1(c2ncsc2C(F)(F)F)NC(=O)NC1=O. The van der Waals surface area contributed by atoms with Crippen molar-refractivity contribution in [2.24, 2.45) is 5.73 Å². The van der Waals surface area contributed by atoms with Gasteiger partial charge < -0.3 is 11.1 Å². The smallest absolute Gasteiger partial charge is 0.327 e. The zero-order chi connectivity index (χ0) is 13.6. The summed E-state index contributed by atoms with van der Waals surface area (Å²) < 4.78 is 38.3. The molecule has 0 radical (unpaired) electrons. The zero-order valence-electron chi connectivity index (χ0n) is 9.08.